The number of hydrogen-bond acceptors (Lipinski definition) is 3. The average Bonchev–Trinajstić information content (AvgIpc) is 3.28. The maximum absolute atomic E-state index is 14.1. The van der Waals surface area contributed by atoms with Crippen LogP contribution < -0.4 is 14.4 Å². The number of methoxy groups -OCH3 is 1. The number of rotatable bonds is 2. The largest absolute Gasteiger partial charge is 0.497 e. The predicted molar refractivity (Wildman–Crippen MR) is 126 cm³/mol. The minimum atomic E-state index is -1.05. The third-order valence-electron chi connectivity index (χ3n) is 6.55. The molecule has 1 atom stereocenters. The van der Waals surface area contributed by atoms with Gasteiger partial charge < -0.3 is 14.4 Å². The summed E-state index contributed by atoms with van der Waals surface area (Å²) < 4.78 is 12.0. The molecule has 0 aliphatic carbocycles. The van der Waals surface area contributed by atoms with Crippen LogP contribution in [-0.4, -0.2) is 20.1 Å². The number of nitrogens with zero attached hydrogens (tertiary/aromatic N) is 1. The molecule has 2 aliphatic rings. The third kappa shape index (κ3) is 2.35. The second-order valence-electron chi connectivity index (χ2n) is 8.18. The Morgan fingerprint density at radius 3 is 2.50 bits per heavy atom. The molecule has 4 heteroatoms. The third-order valence-corrected chi connectivity index (χ3v) is 6.55. The first-order valence-corrected chi connectivity index (χ1v) is 10.6. The van der Waals surface area contributed by atoms with Crippen LogP contribution in [0, 0.1) is 0 Å². The molecule has 156 valence electrons. The van der Waals surface area contributed by atoms with Gasteiger partial charge in [-0.25, -0.2) is 0 Å². The lowest BCUT2D eigenvalue weighted by atomic mass is 9.72. The number of benzene rings is 4. The van der Waals surface area contributed by atoms with Crippen molar-refractivity contribution < 1.29 is 14.3 Å². The molecule has 0 radical (unpaired) electrons. The Hall–Kier alpha value is -4.05. The monoisotopic (exact) mass is 419 g/mol. The number of fused-ring (bicyclic) bond motifs is 6. The summed E-state index contributed by atoms with van der Waals surface area (Å²) in [6.07, 6.45) is 1.99. The molecule has 0 fully saturated rings. The van der Waals surface area contributed by atoms with Crippen molar-refractivity contribution in [1.29, 1.82) is 0 Å². The van der Waals surface area contributed by atoms with Gasteiger partial charge >= 0.3 is 0 Å². The van der Waals surface area contributed by atoms with Gasteiger partial charge in [0.25, 0.3) is 0 Å². The summed E-state index contributed by atoms with van der Waals surface area (Å²) in [4.78, 5) is 15.9. The zero-order valence-corrected chi connectivity index (χ0v) is 17.8. The number of carbonyl (C=O) groups is 1. The normalized spacial score (nSPS) is 20.0. The molecule has 2 heterocycles. The summed E-state index contributed by atoms with van der Waals surface area (Å²) in [6, 6.07) is 27.9. The van der Waals surface area contributed by atoms with Crippen LogP contribution >= 0.6 is 0 Å². The van der Waals surface area contributed by atoms with E-state index < -0.39 is 5.41 Å². The average molecular weight is 419 g/mol. The number of para-hydroxylation sites is 1. The summed E-state index contributed by atoms with van der Waals surface area (Å²) in [5.41, 5.74) is 2.63. The molecule has 1 spiro atoms. The topological polar surface area (TPSA) is 38.8 Å². The molecule has 0 saturated heterocycles. The van der Waals surface area contributed by atoms with E-state index in [0.717, 1.165) is 38.9 Å². The van der Waals surface area contributed by atoms with Gasteiger partial charge in [-0.05, 0) is 46.7 Å². The van der Waals surface area contributed by atoms with Crippen molar-refractivity contribution >= 4 is 28.4 Å². The Morgan fingerprint density at radius 1 is 0.938 bits per heavy atom. The van der Waals surface area contributed by atoms with Gasteiger partial charge in [0.2, 0.25) is 5.91 Å². The number of likely N-dealkylation sites (N-methyl/N-ethyl adjacent to an activating group) is 1. The molecule has 1 amide bonds. The van der Waals surface area contributed by atoms with Crippen LogP contribution in [0.3, 0.4) is 0 Å². The molecule has 1 unspecified atom stereocenters. The number of ether oxygens (including phenoxy) is 2. The van der Waals surface area contributed by atoms with Crippen molar-refractivity contribution in [3.63, 3.8) is 0 Å². The zero-order chi connectivity index (χ0) is 21.9. The van der Waals surface area contributed by atoms with Crippen LogP contribution in [-0.2, 0) is 10.2 Å². The Labute approximate surface area is 186 Å². The summed E-state index contributed by atoms with van der Waals surface area (Å²) in [7, 11) is 3.49. The van der Waals surface area contributed by atoms with Gasteiger partial charge in [-0.1, -0.05) is 60.7 Å². The zero-order valence-electron chi connectivity index (χ0n) is 17.8. The Kier molecular flexibility index (Phi) is 3.93. The van der Waals surface area contributed by atoms with E-state index in [1.165, 1.54) is 0 Å². The van der Waals surface area contributed by atoms with Crippen molar-refractivity contribution in [2.24, 2.45) is 0 Å². The lowest BCUT2D eigenvalue weighted by Crippen LogP contribution is -2.39. The van der Waals surface area contributed by atoms with Crippen molar-refractivity contribution in [1.82, 2.24) is 0 Å². The first-order valence-electron chi connectivity index (χ1n) is 10.6. The SMILES string of the molecule is COc1ccc2ccc3c(c2c1)C1(C(=O)N(C)c2ccccc21)/C(=C/c1ccccc1)O3. The first-order chi connectivity index (χ1) is 15.6. The van der Waals surface area contributed by atoms with E-state index in [1.54, 1.807) is 12.0 Å². The molecular formula is C28H21NO3. The van der Waals surface area contributed by atoms with Crippen molar-refractivity contribution in [3.8, 4) is 11.5 Å². The highest BCUT2D eigenvalue weighted by molar-refractivity contribution is 6.16. The van der Waals surface area contributed by atoms with E-state index >= 15 is 0 Å². The van der Waals surface area contributed by atoms with Crippen molar-refractivity contribution in [3.05, 3.63) is 107 Å². The fourth-order valence-electron chi connectivity index (χ4n) is 5.07. The van der Waals surface area contributed by atoms with Gasteiger partial charge in [0.1, 0.15) is 17.3 Å². The fourth-order valence-corrected chi connectivity index (χ4v) is 5.07. The standard InChI is InChI=1S/C28H21NO3/c1-29-23-11-7-6-10-22(23)28(27(29)30)25(16-18-8-4-3-5-9-18)32-24-15-13-19-12-14-20(31-2)17-21(19)26(24)28/h3-17H,1-2H3/b25-16-. The highest BCUT2D eigenvalue weighted by Gasteiger charge is 2.60. The van der Waals surface area contributed by atoms with Crippen molar-refractivity contribution in [2.45, 2.75) is 5.41 Å². The second-order valence-corrected chi connectivity index (χ2v) is 8.18. The second kappa shape index (κ2) is 6.72. The van der Waals surface area contributed by atoms with Gasteiger partial charge in [0, 0.05) is 23.9 Å². The van der Waals surface area contributed by atoms with Crippen LogP contribution in [0.2, 0.25) is 0 Å². The summed E-state index contributed by atoms with van der Waals surface area (Å²) >= 11 is 0. The van der Waals surface area contributed by atoms with Gasteiger partial charge in [-0.2, -0.15) is 0 Å². The molecule has 4 nitrogen and oxygen atoms in total. The van der Waals surface area contributed by atoms with Gasteiger partial charge in [0.05, 0.1) is 7.11 Å². The van der Waals surface area contributed by atoms with E-state index in [4.69, 9.17) is 9.47 Å². The molecule has 0 N–H and O–H groups in total. The van der Waals surface area contributed by atoms with Crippen LogP contribution in [0.5, 0.6) is 11.5 Å². The predicted octanol–water partition coefficient (Wildman–Crippen LogP) is 5.54. The van der Waals surface area contributed by atoms with E-state index in [9.17, 15) is 4.79 Å². The quantitative estimate of drug-likeness (QED) is 0.428. The van der Waals surface area contributed by atoms with Gasteiger partial charge in [-0.3, -0.25) is 4.79 Å². The maximum Gasteiger partial charge on any atom is 0.249 e. The summed E-state index contributed by atoms with van der Waals surface area (Å²) in [6.45, 7) is 0. The van der Waals surface area contributed by atoms with E-state index in [0.29, 0.717) is 11.5 Å². The van der Waals surface area contributed by atoms with E-state index in [-0.39, 0.29) is 5.91 Å². The van der Waals surface area contributed by atoms with E-state index in [2.05, 4.69) is 0 Å². The number of amides is 1. The van der Waals surface area contributed by atoms with Crippen LogP contribution in [0.1, 0.15) is 16.7 Å². The minimum absolute atomic E-state index is 0.0186. The Morgan fingerprint density at radius 2 is 1.69 bits per heavy atom. The molecule has 32 heavy (non-hydrogen) atoms. The molecule has 0 aromatic heterocycles. The van der Waals surface area contributed by atoms with Crippen LogP contribution in [0.4, 0.5) is 5.69 Å². The molecule has 0 saturated carbocycles. The van der Waals surface area contributed by atoms with Gasteiger partial charge in [0.15, 0.2) is 5.41 Å². The lowest BCUT2D eigenvalue weighted by Gasteiger charge is -2.24. The highest BCUT2D eigenvalue weighted by Crippen LogP contribution is 2.59. The Balaban J connectivity index is 1.75. The van der Waals surface area contributed by atoms with Crippen LogP contribution in [0.15, 0.2) is 90.7 Å². The number of anilines is 1. The summed E-state index contributed by atoms with van der Waals surface area (Å²) in [5, 5.41) is 1.99. The molecule has 2 aliphatic heterocycles. The highest BCUT2D eigenvalue weighted by atomic mass is 16.5. The molecule has 0 bridgehead atoms. The minimum Gasteiger partial charge on any atom is -0.497 e. The van der Waals surface area contributed by atoms with E-state index in [1.807, 2.05) is 98.1 Å². The summed E-state index contributed by atoms with van der Waals surface area (Å²) in [5.74, 6) is 2.05. The number of carbonyl (C=O) groups excluding carboxylic acids is 1. The molecule has 4 aromatic carbocycles. The molecule has 6 rings (SSSR count). The van der Waals surface area contributed by atoms with Crippen LogP contribution in [0.25, 0.3) is 16.8 Å². The fraction of sp³-hybridized carbons (Fsp3) is 0.107. The molecular weight excluding hydrogens is 398 g/mol. The number of hydrogen-bond donors (Lipinski definition) is 0. The maximum atomic E-state index is 14.1. The van der Waals surface area contributed by atoms with Crippen molar-refractivity contribution in [2.75, 3.05) is 19.1 Å². The Bertz CT molecular complexity index is 1420. The van der Waals surface area contributed by atoms with Gasteiger partial charge in [-0.15, -0.1) is 0 Å². The lowest BCUT2D eigenvalue weighted by molar-refractivity contribution is -0.120. The first kappa shape index (κ1) is 18.7. The smallest absolute Gasteiger partial charge is 0.249 e. The molecule has 4 aromatic rings.